The van der Waals surface area contributed by atoms with Gasteiger partial charge in [-0.1, -0.05) is 18.2 Å². The third-order valence-electron chi connectivity index (χ3n) is 3.14. The molecule has 0 aromatic heterocycles. The number of hydrogen-bond acceptors (Lipinski definition) is 4. The van der Waals surface area contributed by atoms with E-state index in [1.165, 1.54) is 12.1 Å². The average Bonchev–Trinajstić information content (AvgIpc) is 2.48. The van der Waals surface area contributed by atoms with Gasteiger partial charge in [-0.25, -0.2) is 0 Å². The molecule has 0 saturated heterocycles. The molecule has 2 aromatic carbocycles. The summed E-state index contributed by atoms with van der Waals surface area (Å²) in [7, 11) is 0. The molecule has 0 atom stereocenters. The molecule has 0 radical (unpaired) electrons. The van der Waals surface area contributed by atoms with Crippen LogP contribution in [0, 0.1) is 17.0 Å². The van der Waals surface area contributed by atoms with Gasteiger partial charge in [0.25, 0.3) is 11.6 Å². The number of nitrogens with one attached hydrogen (secondary N) is 1. The van der Waals surface area contributed by atoms with Crippen molar-refractivity contribution in [3.05, 3.63) is 69.3 Å². The van der Waals surface area contributed by atoms with Gasteiger partial charge in [-0.15, -0.1) is 0 Å². The number of nitro benzene ring substituents is 1. The molecule has 2 aromatic rings. The first-order valence-corrected chi connectivity index (χ1v) is 6.35. The second-order valence-electron chi connectivity index (χ2n) is 4.68. The van der Waals surface area contributed by atoms with Crippen LogP contribution in [0.5, 0.6) is 0 Å². The Morgan fingerprint density at radius 3 is 2.48 bits per heavy atom. The van der Waals surface area contributed by atoms with E-state index in [9.17, 15) is 14.9 Å². The smallest absolute Gasteiger partial charge is 0.269 e. The van der Waals surface area contributed by atoms with Crippen LogP contribution in [-0.4, -0.2) is 10.8 Å². The van der Waals surface area contributed by atoms with Crippen molar-refractivity contribution >= 4 is 17.3 Å². The lowest BCUT2D eigenvalue weighted by Crippen LogP contribution is -2.22. The Balaban J connectivity index is 2.00. The summed E-state index contributed by atoms with van der Waals surface area (Å²) in [5.41, 5.74) is 8.55. The minimum Gasteiger partial charge on any atom is -0.398 e. The van der Waals surface area contributed by atoms with Crippen molar-refractivity contribution in [1.82, 2.24) is 5.32 Å². The van der Waals surface area contributed by atoms with Crippen LogP contribution >= 0.6 is 0 Å². The van der Waals surface area contributed by atoms with Gasteiger partial charge in [-0.3, -0.25) is 14.9 Å². The van der Waals surface area contributed by atoms with Gasteiger partial charge in [-0.2, -0.15) is 0 Å². The molecular formula is C15H15N3O3. The van der Waals surface area contributed by atoms with Crippen molar-refractivity contribution in [3.63, 3.8) is 0 Å². The molecule has 0 bridgehead atoms. The van der Waals surface area contributed by atoms with Gasteiger partial charge in [-0.05, 0) is 30.2 Å². The zero-order valence-electron chi connectivity index (χ0n) is 11.5. The zero-order valence-corrected chi connectivity index (χ0v) is 11.5. The van der Waals surface area contributed by atoms with Crippen molar-refractivity contribution in [3.8, 4) is 0 Å². The molecule has 0 unspecified atom stereocenters. The Morgan fingerprint density at radius 2 is 1.90 bits per heavy atom. The number of nitrogens with zero attached hydrogens (tertiary/aromatic N) is 1. The van der Waals surface area contributed by atoms with Crippen LogP contribution in [0.1, 0.15) is 21.5 Å². The van der Waals surface area contributed by atoms with Crippen LogP contribution in [0.15, 0.2) is 42.5 Å². The molecule has 21 heavy (non-hydrogen) atoms. The molecule has 0 aliphatic rings. The summed E-state index contributed by atoms with van der Waals surface area (Å²) in [6.45, 7) is 2.17. The van der Waals surface area contributed by atoms with E-state index in [0.717, 1.165) is 11.1 Å². The molecule has 0 heterocycles. The Morgan fingerprint density at radius 1 is 1.24 bits per heavy atom. The van der Waals surface area contributed by atoms with E-state index in [1.54, 1.807) is 30.3 Å². The number of nitrogen functional groups attached to an aromatic ring is 1. The molecule has 0 aliphatic heterocycles. The fraction of sp³-hybridized carbons (Fsp3) is 0.133. The van der Waals surface area contributed by atoms with Gasteiger partial charge in [0.1, 0.15) is 0 Å². The number of amides is 1. The maximum atomic E-state index is 12.0. The summed E-state index contributed by atoms with van der Waals surface area (Å²) in [5, 5.41) is 13.3. The number of nitrogens with two attached hydrogens (primary N) is 1. The van der Waals surface area contributed by atoms with Crippen molar-refractivity contribution in [1.29, 1.82) is 0 Å². The van der Waals surface area contributed by atoms with Crippen LogP contribution < -0.4 is 11.1 Å². The summed E-state index contributed by atoms with van der Waals surface area (Å²) in [6, 6.07) is 11.2. The molecular weight excluding hydrogens is 270 g/mol. The predicted molar refractivity (Wildman–Crippen MR) is 79.9 cm³/mol. The van der Waals surface area contributed by atoms with Gasteiger partial charge in [0.05, 0.1) is 4.92 Å². The Kier molecular flexibility index (Phi) is 4.18. The first-order chi connectivity index (χ1) is 9.97. The van der Waals surface area contributed by atoms with Crippen molar-refractivity contribution < 1.29 is 9.72 Å². The zero-order chi connectivity index (χ0) is 15.4. The quantitative estimate of drug-likeness (QED) is 0.512. The molecule has 0 spiro atoms. The molecule has 6 nitrogen and oxygen atoms in total. The van der Waals surface area contributed by atoms with Gasteiger partial charge >= 0.3 is 0 Å². The molecule has 2 rings (SSSR count). The molecule has 6 heteroatoms. The number of carbonyl (C=O) groups excluding carboxylic acids is 1. The third-order valence-corrected chi connectivity index (χ3v) is 3.14. The molecule has 3 N–H and O–H groups in total. The molecule has 0 aliphatic carbocycles. The first-order valence-electron chi connectivity index (χ1n) is 6.35. The first kappa shape index (κ1) is 14.5. The number of hydrogen-bond donors (Lipinski definition) is 2. The highest BCUT2D eigenvalue weighted by Crippen LogP contribution is 2.14. The summed E-state index contributed by atoms with van der Waals surface area (Å²) >= 11 is 0. The minimum atomic E-state index is -0.461. The van der Waals surface area contributed by atoms with Gasteiger partial charge < -0.3 is 11.1 Å². The molecule has 1 amide bonds. The lowest BCUT2D eigenvalue weighted by molar-refractivity contribution is -0.384. The number of aryl methyl sites for hydroxylation is 1. The topological polar surface area (TPSA) is 98.3 Å². The fourth-order valence-corrected chi connectivity index (χ4v) is 1.80. The highest BCUT2D eigenvalue weighted by Gasteiger charge is 2.08. The second kappa shape index (κ2) is 6.04. The van der Waals surface area contributed by atoms with Crippen molar-refractivity contribution in [2.24, 2.45) is 0 Å². The largest absolute Gasteiger partial charge is 0.398 e. The highest BCUT2D eigenvalue weighted by atomic mass is 16.6. The Labute approximate surface area is 121 Å². The van der Waals surface area contributed by atoms with Gasteiger partial charge in [0, 0.05) is 29.9 Å². The Hall–Kier alpha value is -2.89. The van der Waals surface area contributed by atoms with Crippen molar-refractivity contribution in [2.75, 3.05) is 5.73 Å². The standard InChI is InChI=1S/C15H15N3O3/c1-10-2-5-12(8-14(10)16)15(19)17-9-11-3-6-13(7-4-11)18(20)21/h2-8H,9,16H2,1H3,(H,17,19). The predicted octanol–water partition coefficient (Wildman–Crippen LogP) is 2.42. The van der Waals surface area contributed by atoms with Crippen molar-refractivity contribution in [2.45, 2.75) is 13.5 Å². The molecule has 0 fully saturated rings. The number of carbonyl (C=O) groups is 1. The fourth-order valence-electron chi connectivity index (χ4n) is 1.80. The van der Waals surface area contributed by atoms with E-state index in [-0.39, 0.29) is 11.6 Å². The van der Waals surface area contributed by atoms with Gasteiger partial charge in [0.2, 0.25) is 0 Å². The van der Waals surface area contributed by atoms with Crippen LogP contribution in [0.4, 0.5) is 11.4 Å². The van der Waals surface area contributed by atoms with Crippen LogP contribution in [0.2, 0.25) is 0 Å². The van der Waals surface area contributed by atoms with E-state index in [4.69, 9.17) is 5.73 Å². The maximum Gasteiger partial charge on any atom is 0.269 e. The summed E-state index contributed by atoms with van der Waals surface area (Å²) in [6.07, 6.45) is 0. The number of anilines is 1. The van der Waals surface area contributed by atoms with Crippen LogP contribution in [0.25, 0.3) is 0 Å². The second-order valence-corrected chi connectivity index (χ2v) is 4.68. The summed E-state index contributed by atoms with van der Waals surface area (Å²) in [4.78, 5) is 22.1. The average molecular weight is 285 g/mol. The van der Waals surface area contributed by atoms with E-state index in [2.05, 4.69) is 5.32 Å². The number of benzene rings is 2. The number of nitro groups is 1. The van der Waals surface area contributed by atoms with Crippen LogP contribution in [-0.2, 0) is 6.54 Å². The van der Waals surface area contributed by atoms with E-state index in [0.29, 0.717) is 17.8 Å². The third kappa shape index (κ3) is 3.56. The SMILES string of the molecule is Cc1ccc(C(=O)NCc2ccc([N+](=O)[O-])cc2)cc1N. The summed E-state index contributed by atoms with van der Waals surface area (Å²) in [5.74, 6) is -0.236. The number of non-ortho nitro benzene ring substituents is 1. The van der Waals surface area contributed by atoms with E-state index < -0.39 is 4.92 Å². The molecule has 108 valence electrons. The Bertz CT molecular complexity index is 681. The highest BCUT2D eigenvalue weighted by molar-refractivity contribution is 5.95. The summed E-state index contributed by atoms with van der Waals surface area (Å²) < 4.78 is 0. The van der Waals surface area contributed by atoms with E-state index >= 15 is 0 Å². The maximum absolute atomic E-state index is 12.0. The monoisotopic (exact) mass is 285 g/mol. The lowest BCUT2D eigenvalue weighted by Gasteiger charge is -2.07. The molecule has 0 saturated carbocycles. The van der Waals surface area contributed by atoms with Crippen LogP contribution in [0.3, 0.4) is 0 Å². The van der Waals surface area contributed by atoms with Gasteiger partial charge in [0.15, 0.2) is 0 Å². The normalized spacial score (nSPS) is 10.1. The van der Waals surface area contributed by atoms with E-state index in [1.807, 2.05) is 6.92 Å². The lowest BCUT2D eigenvalue weighted by atomic mass is 10.1. The minimum absolute atomic E-state index is 0.0244. The number of rotatable bonds is 4.